The van der Waals surface area contributed by atoms with Crippen molar-refractivity contribution < 1.29 is 4.74 Å². The molecule has 24 heavy (non-hydrogen) atoms. The first-order valence-electron chi connectivity index (χ1n) is 7.08. The molecule has 0 aliphatic heterocycles. The van der Waals surface area contributed by atoms with Gasteiger partial charge in [0.2, 0.25) is 0 Å². The van der Waals surface area contributed by atoms with Gasteiger partial charge in [-0.1, -0.05) is 11.6 Å². The fraction of sp³-hybridized carbons (Fsp3) is 0.188. The molecule has 3 aromatic rings. The predicted molar refractivity (Wildman–Crippen MR) is 100 cm³/mol. The summed E-state index contributed by atoms with van der Waals surface area (Å²) >= 11 is 9.87. The molecule has 1 N–H and O–H groups in total. The van der Waals surface area contributed by atoms with Crippen molar-refractivity contribution in [3.05, 3.63) is 33.9 Å². The third kappa shape index (κ3) is 3.22. The third-order valence-electron chi connectivity index (χ3n) is 3.29. The number of benzene rings is 1. The predicted octanol–water partition coefficient (Wildman–Crippen LogP) is 4.27. The maximum atomic E-state index is 6.43. The molecular formula is C16H15BrClN5O. The third-order valence-corrected chi connectivity index (χ3v) is 4.23. The van der Waals surface area contributed by atoms with Crippen molar-refractivity contribution in [3.8, 4) is 17.0 Å². The summed E-state index contributed by atoms with van der Waals surface area (Å²) in [5, 5.41) is 0.555. The maximum absolute atomic E-state index is 6.43. The number of nitrogens with one attached hydrogen (secondary N) is 1. The Balaban J connectivity index is 2.23. The van der Waals surface area contributed by atoms with Crippen LogP contribution in [0.25, 0.3) is 22.3 Å². The van der Waals surface area contributed by atoms with Gasteiger partial charge < -0.3 is 14.6 Å². The number of hydrogen-bond acceptors (Lipinski definition) is 4. The number of halogens is 2. The Morgan fingerprint density at radius 2 is 2.12 bits per heavy atom. The molecule has 0 saturated carbocycles. The Morgan fingerprint density at radius 3 is 2.83 bits per heavy atom. The smallest absolute Gasteiger partial charge is 0.252 e. The van der Waals surface area contributed by atoms with Crippen molar-refractivity contribution in [1.29, 1.82) is 0 Å². The van der Waals surface area contributed by atoms with Gasteiger partial charge in [0.25, 0.3) is 5.95 Å². The summed E-state index contributed by atoms with van der Waals surface area (Å²) in [6.45, 7) is 0. The van der Waals surface area contributed by atoms with E-state index in [9.17, 15) is 0 Å². The second-order valence-corrected chi connectivity index (χ2v) is 6.55. The lowest BCUT2D eigenvalue weighted by Gasteiger charge is -2.10. The molecule has 3 rings (SSSR count). The largest absolute Gasteiger partial charge is 0.496 e. The normalized spacial score (nSPS) is 11.4. The van der Waals surface area contributed by atoms with Crippen LogP contribution in [0.2, 0.25) is 5.02 Å². The maximum Gasteiger partial charge on any atom is 0.252 e. The van der Waals surface area contributed by atoms with E-state index in [0.717, 1.165) is 21.1 Å². The highest BCUT2D eigenvalue weighted by molar-refractivity contribution is 9.10. The summed E-state index contributed by atoms with van der Waals surface area (Å²) in [5.41, 5.74) is 2.98. The lowest BCUT2D eigenvalue weighted by molar-refractivity contribution is 0.412. The average molecular weight is 409 g/mol. The van der Waals surface area contributed by atoms with Crippen molar-refractivity contribution >= 4 is 50.9 Å². The molecule has 0 amide bonds. The number of ether oxygens (including phenoxy) is 1. The minimum Gasteiger partial charge on any atom is -0.496 e. The van der Waals surface area contributed by atoms with Gasteiger partial charge in [-0.2, -0.15) is 0 Å². The second kappa shape index (κ2) is 6.78. The first-order valence-corrected chi connectivity index (χ1v) is 8.26. The standard InChI is InChI=1S/C16H15BrClN5O/c1-23(2)8-20-16-21-12-4-5-19-15(12)14(22-16)9-6-13(24-3)10(17)7-11(9)18/h4-8,19H,1-3H3. The molecule has 0 atom stereocenters. The summed E-state index contributed by atoms with van der Waals surface area (Å²) in [4.78, 5) is 18.3. The van der Waals surface area contributed by atoms with Crippen molar-refractivity contribution in [2.45, 2.75) is 0 Å². The second-order valence-electron chi connectivity index (χ2n) is 5.28. The van der Waals surface area contributed by atoms with E-state index < -0.39 is 0 Å². The zero-order valence-electron chi connectivity index (χ0n) is 13.3. The molecule has 8 heteroatoms. The average Bonchev–Trinajstić information content (AvgIpc) is 3.01. The minimum atomic E-state index is 0.365. The Labute approximate surface area is 152 Å². The van der Waals surface area contributed by atoms with E-state index in [1.807, 2.05) is 37.3 Å². The highest BCUT2D eigenvalue weighted by Crippen LogP contribution is 2.38. The number of nitrogens with zero attached hydrogens (tertiary/aromatic N) is 4. The van der Waals surface area contributed by atoms with Gasteiger partial charge in [0, 0.05) is 25.9 Å². The highest BCUT2D eigenvalue weighted by atomic mass is 79.9. The summed E-state index contributed by atoms with van der Waals surface area (Å²) in [7, 11) is 5.38. The van der Waals surface area contributed by atoms with Gasteiger partial charge in [-0.05, 0) is 34.1 Å². The molecule has 0 bridgehead atoms. The first-order chi connectivity index (χ1) is 11.5. The molecule has 0 aliphatic carbocycles. The molecule has 0 unspecified atom stereocenters. The number of methoxy groups -OCH3 is 1. The zero-order valence-corrected chi connectivity index (χ0v) is 15.7. The molecule has 0 saturated heterocycles. The number of aromatic nitrogens is 3. The van der Waals surface area contributed by atoms with E-state index in [4.69, 9.17) is 16.3 Å². The number of rotatable bonds is 4. The van der Waals surface area contributed by atoms with Gasteiger partial charge in [-0.25, -0.2) is 15.0 Å². The summed E-state index contributed by atoms with van der Waals surface area (Å²) in [5.74, 6) is 1.04. The number of aliphatic imine (C=N–C) groups is 1. The van der Waals surface area contributed by atoms with Crippen LogP contribution in [0, 0.1) is 0 Å². The van der Waals surface area contributed by atoms with E-state index >= 15 is 0 Å². The van der Waals surface area contributed by atoms with E-state index in [2.05, 4.69) is 35.9 Å². The van der Waals surface area contributed by atoms with Gasteiger partial charge in [0.1, 0.15) is 11.4 Å². The fourth-order valence-electron chi connectivity index (χ4n) is 2.22. The van der Waals surface area contributed by atoms with E-state index in [1.54, 1.807) is 19.5 Å². The molecule has 6 nitrogen and oxygen atoms in total. The van der Waals surface area contributed by atoms with Crippen LogP contribution in [-0.2, 0) is 0 Å². The SMILES string of the molecule is COc1cc(-c2nc(N=CN(C)C)nc3cc[nH]c23)c(Cl)cc1Br. The molecule has 2 aromatic heterocycles. The molecule has 2 heterocycles. The molecule has 0 radical (unpaired) electrons. The van der Waals surface area contributed by atoms with Crippen molar-refractivity contribution in [1.82, 2.24) is 19.9 Å². The molecule has 124 valence electrons. The monoisotopic (exact) mass is 407 g/mol. The Morgan fingerprint density at radius 1 is 1.33 bits per heavy atom. The van der Waals surface area contributed by atoms with Crippen molar-refractivity contribution in [2.24, 2.45) is 4.99 Å². The number of aromatic amines is 1. The van der Waals surface area contributed by atoms with Crippen LogP contribution in [0.1, 0.15) is 0 Å². The topological polar surface area (TPSA) is 66.4 Å². The highest BCUT2D eigenvalue weighted by Gasteiger charge is 2.16. The molecule has 1 aromatic carbocycles. The molecular weight excluding hydrogens is 394 g/mol. The number of fused-ring (bicyclic) bond motifs is 1. The first kappa shape index (κ1) is 16.7. The Bertz CT molecular complexity index is 922. The lowest BCUT2D eigenvalue weighted by Crippen LogP contribution is -2.07. The van der Waals surface area contributed by atoms with Gasteiger partial charge >= 0.3 is 0 Å². The molecule has 0 fully saturated rings. The summed E-state index contributed by atoms with van der Waals surface area (Å²) < 4.78 is 6.15. The van der Waals surface area contributed by atoms with Crippen LogP contribution in [0.5, 0.6) is 5.75 Å². The molecule has 0 spiro atoms. The zero-order chi connectivity index (χ0) is 17.3. The Hall–Kier alpha value is -2.12. The van der Waals surface area contributed by atoms with Crippen LogP contribution in [-0.4, -0.2) is 47.4 Å². The quantitative estimate of drug-likeness (QED) is 0.517. The van der Waals surface area contributed by atoms with Crippen LogP contribution in [0.4, 0.5) is 5.95 Å². The minimum absolute atomic E-state index is 0.365. The van der Waals surface area contributed by atoms with Gasteiger partial charge in [-0.15, -0.1) is 0 Å². The van der Waals surface area contributed by atoms with Crippen molar-refractivity contribution in [3.63, 3.8) is 0 Å². The molecule has 0 aliphatic rings. The van der Waals surface area contributed by atoms with Crippen LogP contribution >= 0.6 is 27.5 Å². The van der Waals surface area contributed by atoms with Crippen LogP contribution in [0.3, 0.4) is 0 Å². The van der Waals surface area contributed by atoms with E-state index in [0.29, 0.717) is 22.4 Å². The number of H-pyrrole nitrogens is 1. The number of hydrogen-bond donors (Lipinski definition) is 1. The van der Waals surface area contributed by atoms with E-state index in [-0.39, 0.29) is 0 Å². The lowest BCUT2D eigenvalue weighted by atomic mass is 10.1. The summed E-state index contributed by atoms with van der Waals surface area (Å²) in [6.07, 6.45) is 3.47. The van der Waals surface area contributed by atoms with Crippen molar-refractivity contribution in [2.75, 3.05) is 21.2 Å². The van der Waals surface area contributed by atoms with Gasteiger partial charge in [0.05, 0.1) is 34.0 Å². The summed E-state index contributed by atoms with van der Waals surface area (Å²) in [6, 6.07) is 5.50. The van der Waals surface area contributed by atoms with Crippen LogP contribution in [0.15, 0.2) is 33.9 Å². The van der Waals surface area contributed by atoms with E-state index in [1.165, 1.54) is 0 Å². The van der Waals surface area contributed by atoms with Gasteiger partial charge in [-0.3, -0.25) is 0 Å². The fourth-order valence-corrected chi connectivity index (χ4v) is 3.11. The Kier molecular flexibility index (Phi) is 4.73. The van der Waals surface area contributed by atoms with Crippen LogP contribution < -0.4 is 4.74 Å². The van der Waals surface area contributed by atoms with Gasteiger partial charge in [0.15, 0.2) is 0 Å².